The molecular weight excluding hydrogens is 156 g/mol. The summed E-state index contributed by atoms with van der Waals surface area (Å²) in [5.41, 5.74) is 1.37. The predicted molar refractivity (Wildman–Crippen MR) is 48.0 cm³/mol. The van der Waals surface area contributed by atoms with Crippen LogP contribution < -0.4 is 0 Å². The Morgan fingerprint density at radius 2 is 2.55 bits per heavy atom. The molecule has 3 heteroatoms. The fourth-order valence-corrected chi connectivity index (χ4v) is 2.09. The molecule has 0 aliphatic carbocycles. The molecule has 0 bridgehead atoms. The van der Waals surface area contributed by atoms with Crippen molar-refractivity contribution < 1.29 is 0 Å². The van der Waals surface area contributed by atoms with E-state index in [1.165, 1.54) is 17.2 Å². The van der Waals surface area contributed by atoms with E-state index >= 15 is 0 Å². The third-order valence-corrected chi connectivity index (χ3v) is 3.36. The molecule has 60 valence electrons. The fourth-order valence-electron chi connectivity index (χ4n) is 1.32. The Balaban J connectivity index is 2.20. The lowest BCUT2D eigenvalue weighted by Crippen LogP contribution is -2.23. The van der Waals surface area contributed by atoms with E-state index in [9.17, 15) is 0 Å². The standard InChI is InChI=1S/C8H12N2S/c1-2-7-3-9-6-10(7)8-4-11-5-8/h3,6,8H,2,4-5H2,1H3. The summed E-state index contributed by atoms with van der Waals surface area (Å²) in [6.45, 7) is 2.18. The molecule has 1 aromatic rings. The van der Waals surface area contributed by atoms with Gasteiger partial charge in [-0.15, -0.1) is 0 Å². The van der Waals surface area contributed by atoms with E-state index < -0.39 is 0 Å². The largest absolute Gasteiger partial charge is 0.330 e. The Hall–Kier alpha value is -0.440. The van der Waals surface area contributed by atoms with Crippen molar-refractivity contribution in [1.82, 2.24) is 9.55 Å². The van der Waals surface area contributed by atoms with Gasteiger partial charge in [0.1, 0.15) is 0 Å². The van der Waals surface area contributed by atoms with Crippen molar-refractivity contribution in [2.45, 2.75) is 19.4 Å². The monoisotopic (exact) mass is 168 g/mol. The molecule has 2 heterocycles. The van der Waals surface area contributed by atoms with Gasteiger partial charge in [0.2, 0.25) is 0 Å². The molecule has 11 heavy (non-hydrogen) atoms. The van der Waals surface area contributed by atoms with Gasteiger partial charge < -0.3 is 4.57 Å². The van der Waals surface area contributed by atoms with Gasteiger partial charge in [-0.05, 0) is 6.42 Å². The van der Waals surface area contributed by atoms with Gasteiger partial charge in [0.15, 0.2) is 0 Å². The minimum absolute atomic E-state index is 0.734. The van der Waals surface area contributed by atoms with Crippen molar-refractivity contribution in [1.29, 1.82) is 0 Å². The van der Waals surface area contributed by atoms with Crippen LogP contribution in [0.2, 0.25) is 0 Å². The molecule has 0 radical (unpaired) electrons. The second-order valence-electron chi connectivity index (χ2n) is 2.84. The molecule has 0 spiro atoms. The third-order valence-electron chi connectivity index (χ3n) is 2.12. The van der Waals surface area contributed by atoms with E-state index in [0.29, 0.717) is 0 Å². The summed E-state index contributed by atoms with van der Waals surface area (Å²) >= 11 is 2.01. The summed E-state index contributed by atoms with van der Waals surface area (Å²) in [4.78, 5) is 4.15. The average molecular weight is 168 g/mol. The van der Waals surface area contributed by atoms with Gasteiger partial charge in [-0.1, -0.05) is 6.92 Å². The number of thioether (sulfide) groups is 1. The van der Waals surface area contributed by atoms with Gasteiger partial charge in [-0.25, -0.2) is 4.98 Å². The van der Waals surface area contributed by atoms with Crippen LogP contribution in [0.25, 0.3) is 0 Å². The van der Waals surface area contributed by atoms with Gasteiger partial charge in [0.05, 0.1) is 12.4 Å². The number of imidazole rings is 1. The minimum Gasteiger partial charge on any atom is -0.330 e. The van der Waals surface area contributed by atoms with Crippen LogP contribution in [0.5, 0.6) is 0 Å². The highest BCUT2D eigenvalue weighted by Crippen LogP contribution is 2.29. The molecule has 2 nitrogen and oxygen atoms in total. The maximum absolute atomic E-state index is 4.15. The Labute approximate surface area is 71.0 Å². The maximum Gasteiger partial charge on any atom is 0.0951 e. The Bertz CT molecular complexity index is 240. The van der Waals surface area contributed by atoms with Gasteiger partial charge >= 0.3 is 0 Å². The average Bonchev–Trinajstić information content (AvgIpc) is 2.32. The van der Waals surface area contributed by atoms with Crippen molar-refractivity contribution >= 4 is 11.8 Å². The highest BCUT2D eigenvalue weighted by atomic mass is 32.2. The molecule has 0 amide bonds. The second-order valence-corrected chi connectivity index (χ2v) is 3.91. The number of rotatable bonds is 2. The quantitative estimate of drug-likeness (QED) is 0.669. The van der Waals surface area contributed by atoms with Crippen LogP contribution in [-0.4, -0.2) is 21.1 Å². The maximum atomic E-state index is 4.15. The lowest BCUT2D eigenvalue weighted by Gasteiger charge is -2.27. The molecule has 2 rings (SSSR count). The van der Waals surface area contributed by atoms with E-state index in [1.54, 1.807) is 0 Å². The van der Waals surface area contributed by atoms with Gasteiger partial charge in [-0.3, -0.25) is 0 Å². The smallest absolute Gasteiger partial charge is 0.0951 e. The molecule has 0 atom stereocenters. The Kier molecular flexibility index (Phi) is 1.90. The van der Waals surface area contributed by atoms with Crippen LogP contribution in [0.1, 0.15) is 18.7 Å². The van der Waals surface area contributed by atoms with Crippen molar-refractivity contribution in [3.63, 3.8) is 0 Å². The lowest BCUT2D eigenvalue weighted by molar-refractivity contribution is 0.570. The summed E-state index contributed by atoms with van der Waals surface area (Å²) in [6, 6.07) is 0.734. The van der Waals surface area contributed by atoms with Crippen LogP contribution in [-0.2, 0) is 6.42 Å². The number of hydrogen-bond donors (Lipinski definition) is 0. The van der Waals surface area contributed by atoms with E-state index in [-0.39, 0.29) is 0 Å². The fraction of sp³-hybridized carbons (Fsp3) is 0.625. The Morgan fingerprint density at radius 1 is 1.73 bits per heavy atom. The first kappa shape index (κ1) is 7.22. The zero-order valence-electron chi connectivity index (χ0n) is 6.66. The molecule has 0 unspecified atom stereocenters. The SMILES string of the molecule is CCc1cncn1C1CSC1. The molecule has 1 aliphatic heterocycles. The zero-order valence-corrected chi connectivity index (χ0v) is 7.47. The van der Waals surface area contributed by atoms with E-state index in [1.807, 2.05) is 24.3 Å². The number of aryl methyl sites for hydroxylation is 1. The lowest BCUT2D eigenvalue weighted by atomic mass is 10.3. The topological polar surface area (TPSA) is 17.8 Å². The molecule has 0 saturated carbocycles. The Morgan fingerprint density at radius 3 is 3.09 bits per heavy atom. The van der Waals surface area contributed by atoms with Crippen LogP contribution in [0, 0.1) is 0 Å². The first-order chi connectivity index (χ1) is 5.42. The van der Waals surface area contributed by atoms with Crippen LogP contribution in [0.4, 0.5) is 0 Å². The summed E-state index contributed by atoms with van der Waals surface area (Å²) in [5.74, 6) is 2.53. The number of hydrogen-bond acceptors (Lipinski definition) is 2. The van der Waals surface area contributed by atoms with Crippen molar-refractivity contribution in [2.75, 3.05) is 11.5 Å². The predicted octanol–water partition coefficient (Wildman–Crippen LogP) is 1.73. The van der Waals surface area contributed by atoms with Crippen molar-refractivity contribution in [3.05, 3.63) is 18.2 Å². The van der Waals surface area contributed by atoms with Crippen LogP contribution in [0.3, 0.4) is 0 Å². The first-order valence-electron chi connectivity index (χ1n) is 4.00. The molecular formula is C8H12N2S. The van der Waals surface area contributed by atoms with E-state index in [0.717, 1.165) is 12.5 Å². The minimum atomic E-state index is 0.734. The van der Waals surface area contributed by atoms with Gasteiger partial charge in [-0.2, -0.15) is 11.8 Å². The molecule has 0 aromatic carbocycles. The molecule has 1 aromatic heterocycles. The number of nitrogens with zero attached hydrogens (tertiary/aromatic N) is 2. The first-order valence-corrected chi connectivity index (χ1v) is 5.15. The van der Waals surface area contributed by atoms with Crippen LogP contribution >= 0.6 is 11.8 Å². The van der Waals surface area contributed by atoms with Gasteiger partial charge in [0, 0.05) is 23.4 Å². The molecule has 1 fully saturated rings. The second kappa shape index (κ2) is 2.89. The molecule has 1 aliphatic rings. The van der Waals surface area contributed by atoms with E-state index in [4.69, 9.17) is 0 Å². The third kappa shape index (κ3) is 1.18. The summed E-state index contributed by atoms with van der Waals surface area (Å²) in [7, 11) is 0. The van der Waals surface area contributed by atoms with Crippen molar-refractivity contribution in [3.8, 4) is 0 Å². The summed E-state index contributed by atoms with van der Waals surface area (Å²) in [5, 5.41) is 0. The highest BCUT2D eigenvalue weighted by Gasteiger charge is 2.20. The summed E-state index contributed by atoms with van der Waals surface area (Å²) in [6.07, 6.45) is 5.04. The highest BCUT2D eigenvalue weighted by molar-refractivity contribution is 8.00. The van der Waals surface area contributed by atoms with E-state index in [2.05, 4.69) is 16.5 Å². The number of aromatic nitrogens is 2. The zero-order chi connectivity index (χ0) is 7.68. The summed E-state index contributed by atoms with van der Waals surface area (Å²) < 4.78 is 2.32. The molecule has 0 N–H and O–H groups in total. The van der Waals surface area contributed by atoms with Crippen molar-refractivity contribution in [2.24, 2.45) is 0 Å². The van der Waals surface area contributed by atoms with Crippen LogP contribution in [0.15, 0.2) is 12.5 Å². The molecule has 1 saturated heterocycles. The van der Waals surface area contributed by atoms with Gasteiger partial charge in [0.25, 0.3) is 0 Å². The normalized spacial score (nSPS) is 18.3.